The predicted octanol–water partition coefficient (Wildman–Crippen LogP) is 3.27. The van der Waals surface area contributed by atoms with Crippen molar-refractivity contribution in [3.05, 3.63) is 40.4 Å². The van der Waals surface area contributed by atoms with Crippen molar-refractivity contribution in [1.82, 2.24) is 4.98 Å². The largest absolute Gasteiger partial charge is 0.391 e. The Morgan fingerprint density at radius 3 is 2.95 bits per heavy atom. The molecule has 3 rings (SSSR count). The van der Waals surface area contributed by atoms with Crippen molar-refractivity contribution in [2.24, 2.45) is 5.92 Å². The van der Waals surface area contributed by atoms with Crippen molar-refractivity contribution < 1.29 is 5.11 Å². The second-order valence-electron chi connectivity index (χ2n) is 5.21. The molecule has 100 valence electrons. The van der Waals surface area contributed by atoms with Crippen LogP contribution in [0.3, 0.4) is 0 Å². The number of para-hydroxylation sites is 1. The van der Waals surface area contributed by atoms with E-state index in [2.05, 4.69) is 41.1 Å². The topological polar surface area (TPSA) is 36.4 Å². The third kappa shape index (κ3) is 2.26. The number of benzene rings is 1. The van der Waals surface area contributed by atoms with Crippen LogP contribution >= 0.6 is 11.3 Å². The lowest BCUT2D eigenvalue weighted by Gasteiger charge is -2.32. The van der Waals surface area contributed by atoms with Gasteiger partial charge in [-0.1, -0.05) is 36.5 Å². The quantitative estimate of drug-likeness (QED) is 0.913. The number of aromatic nitrogens is 1. The van der Waals surface area contributed by atoms with Gasteiger partial charge in [0.1, 0.15) is 0 Å². The SMILES string of the molecule is Cc1nc(N2CC(C)Cc3ccccc32)sc1CO. The van der Waals surface area contributed by atoms with Crippen LogP contribution in [0.5, 0.6) is 0 Å². The molecular weight excluding hydrogens is 256 g/mol. The molecule has 0 saturated heterocycles. The molecule has 1 aliphatic rings. The van der Waals surface area contributed by atoms with E-state index < -0.39 is 0 Å². The predicted molar refractivity (Wildman–Crippen MR) is 79.1 cm³/mol. The van der Waals surface area contributed by atoms with E-state index in [-0.39, 0.29) is 6.61 Å². The van der Waals surface area contributed by atoms with E-state index in [9.17, 15) is 5.11 Å². The van der Waals surface area contributed by atoms with Crippen molar-refractivity contribution in [2.75, 3.05) is 11.4 Å². The molecule has 0 amide bonds. The molecule has 1 aromatic heterocycles. The van der Waals surface area contributed by atoms with Gasteiger partial charge in [-0.2, -0.15) is 0 Å². The minimum absolute atomic E-state index is 0.0779. The summed E-state index contributed by atoms with van der Waals surface area (Å²) in [6, 6.07) is 8.54. The summed E-state index contributed by atoms with van der Waals surface area (Å²) in [5.41, 5.74) is 3.59. The summed E-state index contributed by atoms with van der Waals surface area (Å²) in [5, 5.41) is 10.3. The molecular formula is C15H18N2OS. The summed E-state index contributed by atoms with van der Waals surface area (Å²) in [5.74, 6) is 0.622. The van der Waals surface area contributed by atoms with Gasteiger partial charge < -0.3 is 10.0 Å². The first kappa shape index (κ1) is 12.6. The van der Waals surface area contributed by atoms with E-state index in [0.29, 0.717) is 5.92 Å². The van der Waals surface area contributed by atoms with Crippen LogP contribution < -0.4 is 4.90 Å². The molecule has 1 N–H and O–H groups in total. The molecule has 4 heteroatoms. The molecule has 2 aromatic rings. The van der Waals surface area contributed by atoms with Crippen LogP contribution in [0.1, 0.15) is 23.1 Å². The molecule has 0 aliphatic carbocycles. The van der Waals surface area contributed by atoms with Crippen LogP contribution in [0.25, 0.3) is 0 Å². The van der Waals surface area contributed by atoms with Crippen molar-refractivity contribution in [2.45, 2.75) is 26.9 Å². The summed E-state index contributed by atoms with van der Waals surface area (Å²) >= 11 is 1.60. The molecule has 0 radical (unpaired) electrons. The summed E-state index contributed by atoms with van der Waals surface area (Å²) in [7, 11) is 0. The van der Waals surface area contributed by atoms with Gasteiger partial charge >= 0.3 is 0 Å². The van der Waals surface area contributed by atoms with Gasteiger partial charge in [0.2, 0.25) is 0 Å². The fraction of sp³-hybridized carbons (Fsp3) is 0.400. The van der Waals surface area contributed by atoms with Gasteiger partial charge in [-0.25, -0.2) is 4.98 Å². The maximum absolute atomic E-state index is 9.33. The second kappa shape index (κ2) is 4.94. The van der Waals surface area contributed by atoms with Gasteiger partial charge in [0.25, 0.3) is 0 Å². The normalized spacial score (nSPS) is 18.5. The minimum Gasteiger partial charge on any atom is -0.391 e. The Labute approximate surface area is 117 Å². The molecule has 1 unspecified atom stereocenters. The lowest BCUT2D eigenvalue weighted by molar-refractivity contribution is 0.284. The van der Waals surface area contributed by atoms with Gasteiger partial charge in [0, 0.05) is 12.2 Å². The first-order valence-corrected chi connectivity index (χ1v) is 7.43. The molecule has 0 spiro atoms. The maximum atomic E-state index is 9.33. The number of nitrogens with zero attached hydrogens (tertiary/aromatic N) is 2. The van der Waals surface area contributed by atoms with Gasteiger partial charge in [-0.05, 0) is 30.9 Å². The van der Waals surface area contributed by atoms with E-state index in [1.165, 1.54) is 11.3 Å². The van der Waals surface area contributed by atoms with Gasteiger partial charge in [0.15, 0.2) is 5.13 Å². The lowest BCUT2D eigenvalue weighted by atomic mass is 9.94. The number of fused-ring (bicyclic) bond motifs is 1. The lowest BCUT2D eigenvalue weighted by Crippen LogP contribution is -2.30. The fourth-order valence-corrected chi connectivity index (χ4v) is 3.60. The number of aliphatic hydroxyl groups is 1. The van der Waals surface area contributed by atoms with E-state index in [1.54, 1.807) is 11.3 Å². The van der Waals surface area contributed by atoms with Crippen LogP contribution in [-0.4, -0.2) is 16.6 Å². The van der Waals surface area contributed by atoms with E-state index in [1.807, 2.05) is 6.92 Å². The number of rotatable bonds is 2. The van der Waals surface area contributed by atoms with E-state index in [0.717, 1.165) is 28.7 Å². The second-order valence-corrected chi connectivity index (χ2v) is 6.27. The maximum Gasteiger partial charge on any atom is 0.190 e. The van der Waals surface area contributed by atoms with E-state index >= 15 is 0 Å². The number of aryl methyl sites for hydroxylation is 1. The number of aliphatic hydroxyl groups excluding tert-OH is 1. The summed E-state index contributed by atoms with van der Waals surface area (Å²) in [6.45, 7) is 5.31. The Morgan fingerprint density at radius 2 is 2.21 bits per heavy atom. The number of anilines is 2. The Hall–Kier alpha value is -1.39. The third-order valence-corrected chi connectivity index (χ3v) is 4.77. The molecule has 0 bridgehead atoms. The summed E-state index contributed by atoms with van der Waals surface area (Å²) < 4.78 is 0. The van der Waals surface area contributed by atoms with Crippen molar-refractivity contribution in [1.29, 1.82) is 0 Å². The Morgan fingerprint density at radius 1 is 1.42 bits per heavy atom. The Kier molecular flexibility index (Phi) is 3.29. The molecule has 19 heavy (non-hydrogen) atoms. The van der Waals surface area contributed by atoms with Gasteiger partial charge in [0.05, 0.1) is 17.2 Å². The average Bonchev–Trinajstić information content (AvgIpc) is 2.79. The Balaban J connectivity index is 2.04. The molecule has 0 fully saturated rings. The van der Waals surface area contributed by atoms with Gasteiger partial charge in [-0.3, -0.25) is 0 Å². The highest BCUT2D eigenvalue weighted by atomic mass is 32.1. The number of hydrogen-bond acceptors (Lipinski definition) is 4. The monoisotopic (exact) mass is 274 g/mol. The van der Waals surface area contributed by atoms with Crippen LogP contribution in [-0.2, 0) is 13.0 Å². The zero-order chi connectivity index (χ0) is 13.4. The first-order valence-electron chi connectivity index (χ1n) is 6.61. The average molecular weight is 274 g/mol. The van der Waals surface area contributed by atoms with Crippen molar-refractivity contribution in [3.8, 4) is 0 Å². The minimum atomic E-state index is 0.0779. The highest BCUT2D eigenvalue weighted by Gasteiger charge is 2.25. The van der Waals surface area contributed by atoms with Crippen LogP contribution in [0, 0.1) is 12.8 Å². The molecule has 0 saturated carbocycles. The number of hydrogen-bond donors (Lipinski definition) is 1. The highest BCUT2D eigenvalue weighted by Crippen LogP contribution is 2.37. The molecule has 1 atom stereocenters. The van der Waals surface area contributed by atoms with Crippen molar-refractivity contribution in [3.63, 3.8) is 0 Å². The summed E-state index contributed by atoms with van der Waals surface area (Å²) in [6.07, 6.45) is 1.13. The van der Waals surface area contributed by atoms with Crippen LogP contribution in [0.2, 0.25) is 0 Å². The van der Waals surface area contributed by atoms with Crippen molar-refractivity contribution >= 4 is 22.2 Å². The smallest absolute Gasteiger partial charge is 0.190 e. The molecule has 3 nitrogen and oxygen atoms in total. The fourth-order valence-electron chi connectivity index (χ4n) is 2.65. The summed E-state index contributed by atoms with van der Waals surface area (Å²) in [4.78, 5) is 7.88. The zero-order valence-electron chi connectivity index (χ0n) is 11.3. The van der Waals surface area contributed by atoms with Crippen LogP contribution in [0.15, 0.2) is 24.3 Å². The molecule has 2 heterocycles. The van der Waals surface area contributed by atoms with E-state index in [4.69, 9.17) is 0 Å². The molecule has 1 aliphatic heterocycles. The standard InChI is InChI=1S/C15H18N2OS/c1-10-7-12-5-3-4-6-13(12)17(8-10)15-16-11(2)14(9-18)19-15/h3-6,10,18H,7-9H2,1-2H3. The Bertz CT molecular complexity index is 594. The first-order chi connectivity index (χ1) is 9.19. The highest BCUT2D eigenvalue weighted by molar-refractivity contribution is 7.15. The zero-order valence-corrected chi connectivity index (χ0v) is 12.1. The van der Waals surface area contributed by atoms with Gasteiger partial charge in [-0.15, -0.1) is 0 Å². The molecule has 1 aromatic carbocycles. The van der Waals surface area contributed by atoms with Crippen LogP contribution in [0.4, 0.5) is 10.8 Å². The third-order valence-electron chi connectivity index (χ3n) is 3.60. The number of thiazole rings is 1.